The number of fused-ring (bicyclic) bond motifs is 2. The first kappa shape index (κ1) is 15.3. The number of nitrogens with zero attached hydrogens (tertiary/aromatic N) is 1. The van der Waals surface area contributed by atoms with Gasteiger partial charge in [-0.25, -0.2) is 0 Å². The second kappa shape index (κ2) is 7.13. The van der Waals surface area contributed by atoms with Crippen LogP contribution in [0.3, 0.4) is 0 Å². The van der Waals surface area contributed by atoms with Crippen LogP contribution in [0, 0.1) is 5.92 Å². The zero-order chi connectivity index (χ0) is 14.7. The fraction of sp³-hybridized carbons (Fsp3) is 0.944. The molecule has 0 radical (unpaired) electrons. The van der Waals surface area contributed by atoms with E-state index in [2.05, 4.69) is 17.1 Å². The van der Waals surface area contributed by atoms with E-state index < -0.39 is 0 Å². The molecule has 21 heavy (non-hydrogen) atoms. The fourth-order valence-corrected chi connectivity index (χ4v) is 4.79. The van der Waals surface area contributed by atoms with Gasteiger partial charge in [0.15, 0.2) is 0 Å². The third kappa shape index (κ3) is 3.80. The quantitative estimate of drug-likeness (QED) is 0.841. The molecule has 1 aliphatic carbocycles. The van der Waals surface area contributed by atoms with Crippen molar-refractivity contribution in [1.82, 2.24) is 10.2 Å². The number of hydrogen-bond acceptors (Lipinski definition) is 2. The highest BCUT2D eigenvalue weighted by atomic mass is 16.2. The average Bonchev–Trinajstić information content (AvgIpc) is 2.84. The normalized spacial score (nSPS) is 33.1. The summed E-state index contributed by atoms with van der Waals surface area (Å²) in [6, 6.07) is 1.87. The largest absolute Gasteiger partial charge is 0.340 e. The smallest absolute Gasteiger partial charge is 0.223 e. The summed E-state index contributed by atoms with van der Waals surface area (Å²) >= 11 is 0. The van der Waals surface area contributed by atoms with Crippen LogP contribution >= 0.6 is 0 Å². The van der Waals surface area contributed by atoms with Crippen LogP contribution in [-0.4, -0.2) is 35.5 Å². The molecule has 2 heterocycles. The van der Waals surface area contributed by atoms with Gasteiger partial charge in [0.1, 0.15) is 0 Å². The maximum Gasteiger partial charge on any atom is 0.223 e. The lowest BCUT2D eigenvalue weighted by Gasteiger charge is -2.38. The molecule has 3 nitrogen and oxygen atoms in total. The minimum Gasteiger partial charge on any atom is -0.340 e. The fourth-order valence-electron chi connectivity index (χ4n) is 4.79. The van der Waals surface area contributed by atoms with Crippen molar-refractivity contribution in [2.45, 2.75) is 95.7 Å². The Bertz CT molecular complexity index is 339. The lowest BCUT2D eigenvalue weighted by atomic mass is 9.86. The summed E-state index contributed by atoms with van der Waals surface area (Å²) in [5.41, 5.74) is 0. The summed E-state index contributed by atoms with van der Waals surface area (Å²) in [5.74, 6) is 1.12. The van der Waals surface area contributed by atoms with Gasteiger partial charge in [0.2, 0.25) is 5.91 Å². The second-order valence-electron chi connectivity index (χ2n) is 7.56. The van der Waals surface area contributed by atoms with E-state index in [-0.39, 0.29) is 0 Å². The van der Waals surface area contributed by atoms with Crippen LogP contribution in [-0.2, 0) is 4.79 Å². The summed E-state index contributed by atoms with van der Waals surface area (Å²) in [6.07, 6.45) is 13.5. The summed E-state index contributed by atoms with van der Waals surface area (Å²) < 4.78 is 0. The SMILES string of the molecule is CCCN(C(=O)CC1CCCCC1)C1CC2CCC(C1)N2. The van der Waals surface area contributed by atoms with Gasteiger partial charge in [0.25, 0.3) is 0 Å². The number of piperidine rings is 1. The number of hydrogen-bond donors (Lipinski definition) is 1. The highest BCUT2D eigenvalue weighted by Gasteiger charge is 2.37. The summed E-state index contributed by atoms with van der Waals surface area (Å²) in [7, 11) is 0. The van der Waals surface area contributed by atoms with Gasteiger partial charge in [-0.2, -0.15) is 0 Å². The Morgan fingerprint density at radius 1 is 1.05 bits per heavy atom. The minimum absolute atomic E-state index is 0.454. The Morgan fingerprint density at radius 3 is 2.33 bits per heavy atom. The molecule has 0 aromatic heterocycles. The van der Waals surface area contributed by atoms with Crippen molar-refractivity contribution in [3.8, 4) is 0 Å². The van der Waals surface area contributed by atoms with Gasteiger partial charge in [-0.05, 0) is 50.9 Å². The molecule has 1 N–H and O–H groups in total. The van der Waals surface area contributed by atoms with Gasteiger partial charge in [-0.3, -0.25) is 4.79 Å². The van der Waals surface area contributed by atoms with Crippen molar-refractivity contribution in [2.24, 2.45) is 5.92 Å². The molecule has 2 bridgehead atoms. The Labute approximate surface area is 129 Å². The Kier molecular flexibility index (Phi) is 5.20. The van der Waals surface area contributed by atoms with Gasteiger partial charge in [-0.15, -0.1) is 0 Å². The number of carbonyl (C=O) groups is 1. The van der Waals surface area contributed by atoms with E-state index in [0.29, 0.717) is 30.0 Å². The van der Waals surface area contributed by atoms with Crippen LogP contribution in [0.1, 0.15) is 77.6 Å². The molecule has 2 saturated heterocycles. The van der Waals surface area contributed by atoms with Crippen LogP contribution < -0.4 is 5.32 Å². The molecule has 3 heteroatoms. The first-order chi connectivity index (χ1) is 10.3. The van der Waals surface area contributed by atoms with Crippen molar-refractivity contribution < 1.29 is 4.79 Å². The monoisotopic (exact) mass is 292 g/mol. The highest BCUT2D eigenvalue weighted by molar-refractivity contribution is 5.76. The molecule has 2 aliphatic heterocycles. The molecule has 2 atom stereocenters. The van der Waals surface area contributed by atoms with Crippen LogP contribution in [0.15, 0.2) is 0 Å². The topological polar surface area (TPSA) is 32.3 Å². The minimum atomic E-state index is 0.454. The standard InChI is InChI=1S/C18H32N2O/c1-2-10-20(17-12-15-8-9-16(13-17)19-15)18(21)11-14-6-4-3-5-7-14/h14-17,19H,2-13H2,1H3. The summed E-state index contributed by atoms with van der Waals surface area (Å²) in [5, 5.41) is 3.70. The van der Waals surface area contributed by atoms with E-state index in [9.17, 15) is 4.79 Å². The highest BCUT2D eigenvalue weighted by Crippen LogP contribution is 2.32. The van der Waals surface area contributed by atoms with Gasteiger partial charge in [-0.1, -0.05) is 26.2 Å². The molecule has 3 aliphatic rings. The molecule has 0 aromatic rings. The number of amides is 1. The van der Waals surface area contributed by atoms with Crippen LogP contribution in [0.25, 0.3) is 0 Å². The third-order valence-electron chi connectivity index (χ3n) is 5.86. The lowest BCUT2D eigenvalue weighted by molar-refractivity contribution is -0.135. The molecule has 1 saturated carbocycles. The van der Waals surface area contributed by atoms with Crippen molar-refractivity contribution in [1.29, 1.82) is 0 Å². The van der Waals surface area contributed by atoms with Gasteiger partial charge in [0, 0.05) is 31.1 Å². The molecule has 2 unspecified atom stereocenters. The third-order valence-corrected chi connectivity index (χ3v) is 5.86. The van der Waals surface area contributed by atoms with Crippen molar-refractivity contribution in [2.75, 3.05) is 6.54 Å². The second-order valence-corrected chi connectivity index (χ2v) is 7.56. The van der Waals surface area contributed by atoms with Gasteiger partial charge in [0.05, 0.1) is 0 Å². The maximum atomic E-state index is 12.8. The predicted octanol–water partition coefficient (Wildman–Crippen LogP) is 3.48. The van der Waals surface area contributed by atoms with E-state index in [1.165, 1.54) is 57.8 Å². The van der Waals surface area contributed by atoms with Crippen LogP contribution in [0.2, 0.25) is 0 Å². The molecule has 0 spiro atoms. The Morgan fingerprint density at radius 2 is 1.71 bits per heavy atom. The van der Waals surface area contributed by atoms with Gasteiger partial charge < -0.3 is 10.2 Å². The summed E-state index contributed by atoms with van der Waals surface area (Å²) in [6.45, 7) is 3.17. The van der Waals surface area contributed by atoms with Gasteiger partial charge >= 0.3 is 0 Å². The molecular weight excluding hydrogens is 260 g/mol. The molecule has 3 rings (SSSR count). The van der Waals surface area contributed by atoms with E-state index >= 15 is 0 Å². The number of nitrogens with one attached hydrogen (secondary N) is 1. The maximum absolute atomic E-state index is 12.8. The number of rotatable bonds is 5. The van der Waals surface area contributed by atoms with Crippen LogP contribution in [0.4, 0.5) is 0 Å². The van der Waals surface area contributed by atoms with E-state index in [0.717, 1.165) is 19.4 Å². The van der Waals surface area contributed by atoms with E-state index in [4.69, 9.17) is 0 Å². The van der Waals surface area contributed by atoms with Crippen molar-refractivity contribution in [3.05, 3.63) is 0 Å². The average molecular weight is 292 g/mol. The zero-order valence-corrected chi connectivity index (χ0v) is 13.7. The van der Waals surface area contributed by atoms with Crippen LogP contribution in [0.5, 0.6) is 0 Å². The first-order valence-corrected chi connectivity index (χ1v) is 9.31. The summed E-state index contributed by atoms with van der Waals surface area (Å²) in [4.78, 5) is 15.1. The Balaban J connectivity index is 1.58. The lowest BCUT2D eigenvalue weighted by Crippen LogP contribution is -2.50. The molecule has 1 amide bonds. The first-order valence-electron chi connectivity index (χ1n) is 9.31. The van der Waals surface area contributed by atoms with Crippen molar-refractivity contribution >= 4 is 5.91 Å². The zero-order valence-electron chi connectivity index (χ0n) is 13.7. The Hall–Kier alpha value is -0.570. The van der Waals surface area contributed by atoms with E-state index in [1.807, 2.05) is 0 Å². The predicted molar refractivity (Wildman–Crippen MR) is 86.2 cm³/mol. The van der Waals surface area contributed by atoms with Crippen molar-refractivity contribution in [3.63, 3.8) is 0 Å². The molecule has 120 valence electrons. The van der Waals surface area contributed by atoms with E-state index in [1.54, 1.807) is 0 Å². The molecule has 3 fully saturated rings. The molecular formula is C18H32N2O. The molecule has 0 aromatic carbocycles. The number of carbonyl (C=O) groups excluding carboxylic acids is 1.